The molecule has 3 amide bonds. The van der Waals surface area contributed by atoms with Gasteiger partial charge in [-0.1, -0.05) is 5.16 Å². The van der Waals surface area contributed by atoms with Gasteiger partial charge in [-0.25, -0.2) is 9.59 Å². The average molecular weight is 546 g/mol. The van der Waals surface area contributed by atoms with Crippen LogP contribution in [0.25, 0.3) is 0 Å². The molecule has 16 nitrogen and oxygen atoms in total. The lowest BCUT2D eigenvalue weighted by molar-refractivity contribution is -0.150. The van der Waals surface area contributed by atoms with Crippen LogP contribution in [-0.2, 0) is 24.0 Å². The van der Waals surface area contributed by atoms with E-state index < -0.39 is 60.7 Å². The molecule has 0 bridgehead atoms. The highest BCUT2D eigenvalue weighted by atomic mass is 32.2. The van der Waals surface area contributed by atoms with Gasteiger partial charge in [0, 0.05) is 11.3 Å². The van der Waals surface area contributed by atoms with E-state index >= 15 is 0 Å². The quantitative estimate of drug-likeness (QED) is 0.0886. The molecule has 0 spiro atoms. The zero-order valence-corrected chi connectivity index (χ0v) is 20.3. The van der Waals surface area contributed by atoms with Crippen LogP contribution in [0, 0.1) is 0 Å². The number of hydrogen-bond donors (Lipinski definition) is 7. The minimum atomic E-state index is -1.35. The zero-order chi connectivity index (χ0) is 27.8. The topological polar surface area (TPSA) is 260 Å². The molecular weight excluding hydrogens is 518 g/mol. The largest absolute Gasteiger partial charge is 0.477 e. The minimum Gasteiger partial charge on any atom is -0.477 e. The number of carbonyl (C=O) groups is 4. The number of aliphatic carboxylic acids is 1. The van der Waals surface area contributed by atoms with Crippen LogP contribution in [0.15, 0.2) is 39.2 Å². The number of aliphatic hydroxyl groups is 3. The van der Waals surface area contributed by atoms with E-state index in [-0.39, 0.29) is 35.1 Å². The van der Waals surface area contributed by atoms with Gasteiger partial charge in [0.15, 0.2) is 5.76 Å². The maximum Gasteiger partial charge on any atom is 0.404 e. The summed E-state index contributed by atoms with van der Waals surface area (Å²) in [5, 5.41) is 40.0. The Morgan fingerprint density at radius 2 is 1.95 bits per heavy atom. The molecule has 0 saturated carbocycles. The summed E-state index contributed by atoms with van der Waals surface area (Å²) in [4.78, 5) is 53.3. The average Bonchev–Trinajstić information content (AvgIpc) is 3.42. The molecule has 17 heteroatoms. The number of ether oxygens (including phenoxy) is 1. The van der Waals surface area contributed by atoms with E-state index in [0.717, 1.165) is 4.90 Å². The predicted octanol–water partition coefficient (Wildman–Crippen LogP) is -2.88. The van der Waals surface area contributed by atoms with Crippen molar-refractivity contribution in [3.63, 3.8) is 0 Å². The van der Waals surface area contributed by atoms with E-state index in [1.807, 2.05) is 0 Å². The van der Waals surface area contributed by atoms with Gasteiger partial charge in [-0.15, -0.1) is 11.8 Å². The number of furan rings is 1. The number of carboxylic acids is 1. The van der Waals surface area contributed by atoms with E-state index in [0.29, 0.717) is 0 Å². The third kappa shape index (κ3) is 6.98. The second-order valence-electron chi connectivity index (χ2n) is 7.66. The molecule has 37 heavy (non-hydrogen) atoms. The van der Waals surface area contributed by atoms with E-state index in [9.17, 15) is 24.3 Å². The molecule has 204 valence electrons. The Bertz CT molecular complexity index is 1050. The third-order valence-electron chi connectivity index (χ3n) is 5.02. The molecule has 0 radical (unpaired) electrons. The van der Waals surface area contributed by atoms with Crippen molar-refractivity contribution in [2.24, 2.45) is 16.6 Å². The number of thioether (sulfide) groups is 1. The summed E-state index contributed by atoms with van der Waals surface area (Å²) >= 11 is 1.21. The monoisotopic (exact) mass is 545 g/mol. The zero-order valence-electron chi connectivity index (χ0n) is 19.5. The van der Waals surface area contributed by atoms with Gasteiger partial charge in [0.05, 0.1) is 31.6 Å². The molecule has 3 heterocycles. The Morgan fingerprint density at radius 1 is 1.30 bits per heavy atom. The number of amides is 3. The number of nitrogens with two attached hydrogens (primary N) is 2. The van der Waals surface area contributed by atoms with Gasteiger partial charge in [0.25, 0.3) is 11.8 Å². The van der Waals surface area contributed by atoms with Crippen LogP contribution < -0.4 is 16.8 Å². The first-order valence-corrected chi connectivity index (χ1v) is 11.5. The minimum absolute atomic E-state index is 0.140. The third-order valence-corrected chi connectivity index (χ3v) is 6.36. The molecule has 0 aromatic carbocycles. The number of nitrogens with zero attached hydrogens (tertiary/aromatic N) is 2. The summed E-state index contributed by atoms with van der Waals surface area (Å²) in [5.41, 5.74) is 8.61. The Kier molecular flexibility index (Phi) is 10.4. The van der Waals surface area contributed by atoms with Crippen LogP contribution in [0.3, 0.4) is 0 Å². The number of carbonyl (C=O) groups excluding carboxylic acids is 3. The van der Waals surface area contributed by atoms with Gasteiger partial charge in [0.2, 0.25) is 5.71 Å². The fourth-order valence-electron chi connectivity index (χ4n) is 3.02. The molecule has 2 aliphatic rings. The highest BCUT2D eigenvalue weighted by Gasteiger charge is 2.54. The van der Waals surface area contributed by atoms with Crippen LogP contribution in [0.2, 0.25) is 0 Å². The van der Waals surface area contributed by atoms with E-state index in [1.54, 1.807) is 6.07 Å². The summed E-state index contributed by atoms with van der Waals surface area (Å²) in [6.07, 6.45) is 0.290. The Labute approximate surface area is 213 Å². The van der Waals surface area contributed by atoms with Crippen molar-refractivity contribution < 1.29 is 53.6 Å². The van der Waals surface area contributed by atoms with Gasteiger partial charge in [0.1, 0.15) is 30.8 Å². The Balaban J connectivity index is 0.000000521. The lowest BCUT2D eigenvalue weighted by atomic mass is 10.0. The van der Waals surface area contributed by atoms with Crippen LogP contribution in [0.4, 0.5) is 4.79 Å². The second kappa shape index (κ2) is 13.1. The lowest BCUT2D eigenvalue weighted by Crippen LogP contribution is -2.71. The number of hydrogen-bond acceptors (Lipinski definition) is 13. The summed E-state index contributed by atoms with van der Waals surface area (Å²) < 4.78 is 9.79. The van der Waals surface area contributed by atoms with E-state index in [2.05, 4.69) is 20.0 Å². The molecule has 1 saturated heterocycles. The van der Waals surface area contributed by atoms with Gasteiger partial charge in [-0.05, 0) is 12.1 Å². The van der Waals surface area contributed by atoms with Gasteiger partial charge in [-0.2, -0.15) is 0 Å². The van der Waals surface area contributed by atoms with Crippen molar-refractivity contribution in [1.29, 1.82) is 0 Å². The van der Waals surface area contributed by atoms with Crippen LogP contribution in [0.1, 0.15) is 5.76 Å². The molecule has 1 aromatic rings. The van der Waals surface area contributed by atoms with Crippen molar-refractivity contribution in [1.82, 2.24) is 10.2 Å². The first-order valence-electron chi connectivity index (χ1n) is 10.4. The summed E-state index contributed by atoms with van der Waals surface area (Å²) in [6.45, 7) is -1.55. The fraction of sp³-hybridized carbons (Fsp3) is 0.450. The summed E-state index contributed by atoms with van der Waals surface area (Å²) in [5.74, 6) is -2.38. The number of aliphatic hydroxyl groups excluding tert-OH is 3. The van der Waals surface area contributed by atoms with Crippen molar-refractivity contribution in [3.05, 3.63) is 35.4 Å². The standard InChI is InChI=1S/C16H16N4O8S.C4H11NO3/c1-26-19-9(8-3-2-4-27-8)12(21)18-10-13(22)20-11(15(23)24)7(5-28-16(17)25)6-29-14(10)20;5-4(1-6,2-7)3-8/h2-4,10,14H,5-6H2,1H3,(H2,17,25)(H,18,21)(H,23,24);6-8H,1-3,5H2/b19-9+;/t10-,14-;/m1./s1. The second-order valence-corrected chi connectivity index (χ2v) is 8.77. The van der Waals surface area contributed by atoms with Crippen molar-refractivity contribution in [2.75, 3.05) is 39.3 Å². The van der Waals surface area contributed by atoms with Crippen LogP contribution in [-0.4, -0.2) is 111 Å². The SMILES string of the molecule is CO/N=C(/C(=O)N[C@@H]1C(=O)N2C(C(=O)O)=C(COC(N)=O)CS[C@H]12)c1ccco1.NC(CO)(CO)CO. The molecule has 9 N–H and O–H groups in total. The highest BCUT2D eigenvalue weighted by molar-refractivity contribution is 8.00. The lowest BCUT2D eigenvalue weighted by Gasteiger charge is -2.49. The van der Waals surface area contributed by atoms with Gasteiger partial charge >= 0.3 is 12.1 Å². The van der Waals surface area contributed by atoms with Crippen LogP contribution in [0.5, 0.6) is 0 Å². The van der Waals surface area contributed by atoms with E-state index in [4.69, 9.17) is 31.2 Å². The number of nitrogens with one attached hydrogen (secondary N) is 1. The number of β-lactam (4-membered cyclic amide) rings is 1. The predicted molar refractivity (Wildman–Crippen MR) is 126 cm³/mol. The van der Waals surface area contributed by atoms with Crippen LogP contribution >= 0.6 is 11.8 Å². The normalized spacial score (nSPS) is 19.2. The van der Waals surface area contributed by atoms with Crippen molar-refractivity contribution in [3.8, 4) is 0 Å². The maximum atomic E-state index is 12.6. The van der Waals surface area contributed by atoms with Gasteiger partial charge in [-0.3, -0.25) is 14.5 Å². The number of carboxylic acid groups (broad SMARTS) is 1. The van der Waals surface area contributed by atoms with E-state index in [1.165, 1.54) is 31.2 Å². The molecule has 0 aliphatic carbocycles. The molecule has 2 aliphatic heterocycles. The number of primary amides is 1. The van der Waals surface area contributed by atoms with Crippen molar-refractivity contribution in [2.45, 2.75) is 17.0 Å². The Morgan fingerprint density at radius 3 is 2.41 bits per heavy atom. The first kappa shape index (κ1) is 29.6. The highest BCUT2D eigenvalue weighted by Crippen LogP contribution is 2.40. The maximum absolute atomic E-state index is 12.6. The summed E-state index contributed by atoms with van der Waals surface area (Å²) in [7, 11) is 1.25. The number of fused-ring (bicyclic) bond motifs is 1. The molecule has 2 atom stereocenters. The molecule has 0 unspecified atom stereocenters. The van der Waals surface area contributed by atoms with Gasteiger partial charge < -0.3 is 51.2 Å². The van der Waals surface area contributed by atoms with Crippen molar-refractivity contribution >= 4 is 41.4 Å². The molecular formula is C20H27N5O11S. The Hall–Kier alpha value is -3.64. The molecule has 1 fully saturated rings. The first-order chi connectivity index (χ1) is 17.5. The summed E-state index contributed by atoms with van der Waals surface area (Å²) in [6, 6.07) is 2.08. The molecule has 1 aromatic heterocycles. The number of oxime groups is 1. The smallest absolute Gasteiger partial charge is 0.404 e. The number of rotatable bonds is 10. The molecule has 3 rings (SSSR count). The fourth-order valence-corrected chi connectivity index (χ4v) is 4.34.